The van der Waals surface area contributed by atoms with Crippen LogP contribution >= 0.6 is 0 Å². The SMILES string of the molecule is CCOC(=O)C12C(=O)N(c3ccccc3)C(=O)C1(C#N)C2c1ccccc1. The van der Waals surface area contributed by atoms with Gasteiger partial charge >= 0.3 is 5.97 Å². The first-order valence-corrected chi connectivity index (χ1v) is 8.64. The fraction of sp³-hybridized carbons (Fsp3) is 0.238. The predicted octanol–water partition coefficient (Wildman–Crippen LogP) is 2.42. The Bertz CT molecular complexity index is 982. The minimum absolute atomic E-state index is 0.0520. The van der Waals surface area contributed by atoms with Crippen LogP contribution in [-0.4, -0.2) is 24.4 Å². The van der Waals surface area contributed by atoms with E-state index in [9.17, 15) is 19.6 Å². The summed E-state index contributed by atoms with van der Waals surface area (Å²) in [5.41, 5.74) is -2.69. The number of carbonyl (C=O) groups excluding carboxylic acids is 3. The van der Waals surface area contributed by atoms with Gasteiger partial charge < -0.3 is 4.74 Å². The number of nitriles is 1. The molecule has 4 rings (SSSR count). The van der Waals surface area contributed by atoms with Crippen molar-refractivity contribution in [1.29, 1.82) is 5.26 Å². The van der Waals surface area contributed by atoms with Gasteiger partial charge in [-0.2, -0.15) is 5.26 Å². The third-order valence-electron chi connectivity index (χ3n) is 5.41. The molecule has 0 bridgehead atoms. The molecule has 3 unspecified atom stereocenters. The summed E-state index contributed by atoms with van der Waals surface area (Å²) >= 11 is 0. The first-order chi connectivity index (χ1) is 13.1. The molecule has 1 aliphatic carbocycles. The highest BCUT2D eigenvalue weighted by atomic mass is 16.5. The number of para-hydroxylation sites is 1. The largest absolute Gasteiger partial charge is 0.465 e. The fourth-order valence-electron chi connectivity index (χ4n) is 4.27. The van der Waals surface area contributed by atoms with Crippen LogP contribution in [0, 0.1) is 22.2 Å². The third kappa shape index (κ3) is 1.86. The van der Waals surface area contributed by atoms with E-state index in [1.165, 1.54) is 0 Å². The number of hydrogen-bond donors (Lipinski definition) is 0. The second-order valence-electron chi connectivity index (χ2n) is 6.57. The Labute approximate surface area is 156 Å². The standard InChI is InChI=1S/C21H16N2O4/c1-2-27-19(26)21-16(14-9-5-3-6-10-14)20(21,13-22)17(24)23(18(21)25)15-11-7-4-8-12-15/h3-12,16H,2H2,1H3. The highest BCUT2D eigenvalue weighted by molar-refractivity contribution is 6.37. The summed E-state index contributed by atoms with van der Waals surface area (Å²) in [6.07, 6.45) is 0. The van der Waals surface area contributed by atoms with Crippen molar-refractivity contribution in [3.8, 4) is 6.07 Å². The fourth-order valence-corrected chi connectivity index (χ4v) is 4.27. The summed E-state index contributed by atoms with van der Waals surface area (Å²) in [6, 6.07) is 19.1. The molecule has 2 amide bonds. The van der Waals surface area contributed by atoms with Crippen molar-refractivity contribution in [2.75, 3.05) is 11.5 Å². The number of esters is 1. The number of hydrogen-bond acceptors (Lipinski definition) is 5. The summed E-state index contributed by atoms with van der Waals surface area (Å²) in [6.45, 7) is 1.68. The van der Waals surface area contributed by atoms with Crippen LogP contribution in [0.15, 0.2) is 60.7 Å². The number of benzene rings is 2. The molecule has 2 aromatic rings. The summed E-state index contributed by atoms with van der Waals surface area (Å²) < 4.78 is 5.16. The average molecular weight is 360 g/mol. The molecule has 27 heavy (non-hydrogen) atoms. The number of piperidine rings is 1. The van der Waals surface area contributed by atoms with Crippen LogP contribution in [0.4, 0.5) is 5.69 Å². The van der Waals surface area contributed by atoms with Crippen molar-refractivity contribution in [3.05, 3.63) is 66.2 Å². The molecule has 2 aliphatic rings. The number of carbonyl (C=O) groups is 3. The molecule has 0 spiro atoms. The van der Waals surface area contributed by atoms with E-state index in [1.807, 2.05) is 6.07 Å². The molecule has 0 N–H and O–H groups in total. The number of ether oxygens (including phenoxy) is 1. The number of nitrogens with zero attached hydrogens (tertiary/aromatic N) is 2. The zero-order valence-corrected chi connectivity index (χ0v) is 14.6. The second kappa shape index (κ2) is 5.78. The van der Waals surface area contributed by atoms with Crippen molar-refractivity contribution < 1.29 is 19.1 Å². The van der Waals surface area contributed by atoms with Crippen LogP contribution in [0.25, 0.3) is 0 Å². The van der Waals surface area contributed by atoms with Crippen LogP contribution in [0.1, 0.15) is 18.4 Å². The Balaban J connectivity index is 1.91. The number of anilines is 1. The Morgan fingerprint density at radius 1 is 1.07 bits per heavy atom. The lowest BCUT2D eigenvalue weighted by molar-refractivity contribution is -0.154. The van der Waals surface area contributed by atoms with Gasteiger partial charge in [-0.3, -0.25) is 14.4 Å². The first kappa shape index (κ1) is 17.0. The van der Waals surface area contributed by atoms with Gasteiger partial charge in [0.2, 0.25) is 0 Å². The molecule has 134 valence electrons. The van der Waals surface area contributed by atoms with Crippen molar-refractivity contribution in [1.82, 2.24) is 0 Å². The topological polar surface area (TPSA) is 87.5 Å². The summed E-state index contributed by atoms with van der Waals surface area (Å²) in [5.74, 6) is -3.05. The lowest BCUT2D eigenvalue weighted by Crippen LogP contribution is -2.40. The van der Waals surface area contributed by atoms with Gasteiger partial charge in [0.25, 0.3) is 11.8 Å². The first-order valence-electron chi connectivity index (χ1n) is 8.64. The molecular weight excluding hydrogens is 344 g/mol. The van der Waals surface area contributed by atoms with Gasteiger partial charge in [0, 0.05) is 5.92 Å². The Morgan fingerprint density at radius 3 is 2.22 bits per heavy atom. The number of rotatable bonds is 4. The van der Waals surface area contributed by atoms with Crippen LogP contribution in [0.3, 0.4) is 0 Å². The van der Waals surface area contributed by atoms with Crippen LogP contribution in [0.5, 0.6) is 0 Å². The Hall–Kier alpha value is -3.46. The Kier molecular flexibility index (Phi) is 3.63. The minimum Gasteiger partial charge on any atom is -0.465 e. The second-order valence-corrected chi connectivity index (χ2v) is 6.57. The van der Waals surface area contributed by atoms with Crippen molar-refractivity contribution in [3.63, 3.8) is 0 Å². The van der Waals surface area contributed by atoms with E-state index >= 15 is 0 Å². The maximum atomic E-state index is 13.4. The molecule has 1 heterocycles. The summed E-state index contributed by atoms with van der Waals surface area (Å²) in [7, 11) is 0. The smallest absolute Gasteiger partial charge is 0.324 e. The molecule has 1 saturated heterocycles. The molecule has 3 atom stereocenters. The van der Waals surface area contributed by atoms with Crippen LogP contribution in [-0.2, 0) is 19.1 Å². The molecule has 6 heteroatoms. The zero-order chi connectivity index (χ0) is 19.2. The number of amides is 2. The lowest BCUT2D eigenvalue weighted by Gasteiger charge is -2.21. The highest BCUT2D eigenvalue weighted by Crippen LogP contribution is 2.79. The molecular formula is C21H16N2O4. The normalized spacial score (nSPS) is 28.4. The van der Waals surface area contributed by atoms with E-state index in [0.717, 1.165) is 4.90 Å². The van der Waals surface area contributed by atoms with Crippen molar-refractivity contribution in [2.24, 2.45) is 10.8 Å². The van der Waals surface area contributed by atoms with Crippen LogP contribution in [0.2, 0.25) is 0 Å². The molecule has 2 fully saturated rings. The molecule has 6 nitrogen and oxygen atoms in total. The zero-order valence-electron chi connectivity index (χ0n) is 14.6. The average Bonchev–Trinajstić information content (AvgIpc) is 3.29. The number of fused-ring (bicyclic) bond motifs is 1. The molecule has 0 aromatic heterocycles. The molecule has 2 aromatic carbocycles. The van der Waals surface area contributed by atoms with Gasteiger partial charge in [-0.25, -0.2) is 4.90 Å². The third-order valence-corrected chi connectivity index (χ3v) is 5.41. The molecule has 0 radical (unpaired) electrons. The summed E-state index contributed by atoms with van der Waals surface area (Å²) in [5, 5.41) is 9.98. The van der Waals surface area contributed by atoms with Gasteiger partial charge in [-0.05, 0) is 24.6 Å². The van der Waals surface area contributed by atoms with Gasteiger partial charge in [-0.1, -0.05) is 48.5 Å². The maximum Gasteiger partial charge on any atom is 0.324 e. The quantitative estimate of drug-likeness (QED) is 0.475. The van der Waals surface area contributed by atoms with Crippen LogP contribution < -0.4 is 4.90 Å². The van der Waals surface area contributed by atoms with E-state index < -0.39 is 34.5 Å². The lowest BCUT2D eigenvalue weighted by atomic mass is 9.96. The Morgan fingerprint density at radius 2 is 1.67 bits per heavy atom. The molecule has 1 saturated carbocycles. The van der Waals surface area contributed by atoms with E-state index in [4.69, 9.17) is 4.74 Å². The minimum atomic E-state index is -1.84. The number of imide groups is 1. The van der Waals surface area contributed by atoms with Gasteiger partial charge in [0.15, 0.2) is 10.8 Å². The van der Waals surface area contributed by atoms with Gasteiger partial charge in [-0.15, -0.1) is 0 Å². The van der Waals surface area contributed by atoms with Crippen molar-refractivity contribution >= 4 is 23.5 Å². The highest BCUT2D eigenvalue weighted by Gasteiger charge is 2.95. The van der Waals surface area contributed by atoms with E-state index in [2.05, 4.69) is 0 Å². The maximum absolute atomic E-state index is 13.4. The molecule has 1 aliphatic heterocycles. The summed E-state index contributed by atoms with van der Waals surface area (Å²) in [4.78, 5) is 40.5. The van der Waals surface area contributed by atoms with E-state index in [-0.39, 0.29) is 6.61 Å². The van der Waals surface area contributed by atoms with Crippen molar-refractivity contribution in [2.45, 2.75) is 12.8 Å². The predicted molar refractivity (Wildman–Crippen MR) is 95.2 cm³/mol. The monoisotopic (exact) mass is 360 g/mol. The van der Waals surface area contributed by atoms with Gasteiger partial charge in [0.05, 0.1) is 18.4 Å². The van der Waals surface area contributed by atoms with Gasteiger partial charge in [0.1, 0.15) is 0 Å². The van der Waals surface area contributed by atoms with E-state index in [1.54, 1.807) is 67.6 Å². The van der Waals surface area contributed by atoms with E-state index in [0.29, 0.717) is 11.3 Å².